The largest absolute Gasteiger partial charge is 0.569 e. The van der Waals surface area contributed by atoms with E-state index >= 15 is 0 Å². The monoisotopic (exact) mass is 2400 g/mol. The van der Waals surface area contributed by atoms with Crippen LogP contribution in [0.3, 0.4) is 0 Å². The molecule has 140 heavy (non-hydrogen) atoms. The Kier molecular flexibility index (Phi) is 57.6. The molecular formula is C112H161B6Br2Ir2N2O16-2. The summed E-state index contributed by atoms with van der Waals surface area (Å²) in [5, 5.41) is 58.8. The van der Waals surface area contributed by atoms with Gasteiger partial charge in [0.25, 0.3) is 0 Å². The molecule has 8 aromatic carbocycles. The molecule has 7 N–H and O–H groups in total. The maximum absolute atomic E-state index is 9.10. The quantitative estimate of drug-likeness (QED) is 0.0381. The SMILES string of the molecule is Brc1ccc(Br)cc1.CC.CC(C)(C)c1ccnc(-c2cc(C(C)(C)C)ccn2)c1.CC(C)(O)C(C)(C)O.CC(C)(O)C(C)(C)O.CC1(C)OBOC1(C)C.CO.CO.Cc1cccc(C)c1-c1ccc(-c2c(C)cccc2C)cc1.Cc1cccc(C)c1O[B]O.[2H][C-]=O.[2H][C-]=O.[B]B1OC(C)(C)C(C)(C)O1.[B]c1cc(C)c(-c2ccc(-c3c(C)cc(B4OC(C)(C)C(C)(C)O4)cc3C)cc2)c(C)c1.[Ir].[Ir]. The Morgan fingerprint density at radius 3 is 0.843 bits per heavy atom. The molecule has 0 unspecified atom stereocenters. The number of hydrogen-bond acceptors (Lipinski definition) is 18. The van der Waals surface area contributed by atoms with Crippen LogP contribution in [0.4, 0.5) is 0 Å². The number of aromatic nitrogens is 2. The Hall–Kier alpha value is -6.67. The summed E-state index contributed by atoms with van der Waals surface area (Å²) in [6, 6.07) is 61.5. The molecule has 3 aliphatic heterocycles. The maximum atomic E-state index is 9.10. The predicted molar refractivity (Wildman–Crippen MR) is 590 cm³/mol. The van der Waals surface area contributed by atoms with Gasteiger partial charge in [0.1, 0.15) is 21.3 Å². The number of aliphatic hydroxyl groups is 6. The molecule has 767 valence electrons. The van der Waals surface area contributed by atoms with E-state index in [0.29, 0.717) is 15.4 Å². The molecule has 0 saturated carbocycles. The Balaban J connectivity index is -0.00000157. The van der Waals surface area contributed by atoms with E-state index in [4.69, 9.17) is 96.2 Å². The van der Waals surface area contributed by atoms with E-state index < -0.39 is 29.4 Å². The van der Waals surface area contributed by atoms with Gasteiger partial charge in [-0.3, -0.25) is 23.5 Å². The number of para-hydroxylation sites is 1. The molecule has 2 aromatic heterocycles. The number of pyridine rings is 2. The first kappa shape index (κ1) is 133. The molecular weight excluding hydrogens is 2240 g/mol. The van der Waals surface area contributed by atoms with Gasteiger partial charge >= 0.3 is 29.5 Å². The van der Waals surface area contributed by atoms with Crippen molar-refractivity contribution in [3.8, 4) is 61.6 Å². The van der Waals surface area contributed by atoms with Crippen LogP contribution in [-0.2, 0) is 88.6 Å². The molecule has 0 spiro atoms. The first-order valence-electron chi connectivity index (χ1n) is 47.3. The first-order chi connectivity index (χ1) is 64.3. The molecule has 18 nitrogen and oxygen atoms in total. The molecule has 13 rings (SSSR count). The fourth-order valence-corrected chi connectivity index (χ4v) is 13.8. The summed E-state index contributed by atoms with van der Waals surface area (Å²) in [5.41, 5.74) is 23.6. The smallest absolute Gasteiger partial charge is 0.545 e. The zero-order valence-corrected chi connectivity index (χ0v) is 99.1. The number of benzene rings is 8. The van der Waals surface area contributed by atoms with E-state index in [1.165, 1.54) is 100 Å². The molecule has 7 radical (unpaired) electrons. The maximum Gasteiger partial charge on any atom is 0.569 e. The molecule has 0 atom stereocenters. The van der Waals surface area contributed by atoms with Crippen molar-refractivity contribution >= 4 is 101 Å². The van der Waals surface area contributed by atoms with Gasteiger partial charge in [-0.1, -0.05) is 220 Å². The third kappa shape index (κ3) is 42.4. The van der Waals surface area contributed by atoms with Crippen LogP contribution in [0.25, 0.3) is 55.9 Å². The number of halogens is 2. The Morgan fingerprint density at radius 1 is 0.393 bits per heavy atom. The Labute approximate surface area is 895 Å². The van der Waals surface area contributed by atoms with Crippen LogP contribution in [0.5, 0.6) is 5.75 Å². The number of nitrogens with zero attached hydrogens (tertiary/aromatic N) is 2. The van der Waals surface area contributed by atoms with Crippen LogP contribution < -0.4 is 15.6 Å². The Morgan fingerprint density at radius 2 is 0.629 bits per heavy atom. The molecule has 3 aliphatic rings. The van der Waals surface area contributed by atoms with Crippen molar-refractivity contribution < 1.29 is 121 Å². The van der Waals surface area contributed by atoms with E-state index in [-0.39, 0.29) is 91.8 Å². The summed E-state index contributed by atoms with van der Waals surface area (Å²) in [6.07, 6.45) is 3.75. The summed E-state index contributed by atoms with van der Waals surface area (Å²) in [7, 11) is 13.7. The second kappa shape index (κ2) is 60.4. The summed E-state index contributed by atoms with van der Waals surface area (Å²) < 4.78 is 51.8. The van der Waals surface area contributed by atoms with Crippen molar-refractivity contribution in [3.63, 3.8) is 0 Å². The van der Waals surface area contributed by atoms with Crippen molar-refractivity contribution in [1.29, 1.82) is 0 Å². The number of aryl methyl sites for hydroxylation is 10. The summed E-state index contributed by atoms with van der Waals surface area (Å²) in [4.78, 5) is 25.7. The molecule has 5 heterocycles. The average molecular weight is 2400 g/mol. The van der Waals surface area contributed by atoms with Crippen LogP contribution in [-0.4, -0.2) is 174 Å². The second-order valence-corrected chi connectivity index (χ2v) is 42.7. The van der Waals surface area contributed by atoms with Crippen molar-refractivity contribution in [2.75, 3.05) is 14.2 Å². The second-order valence-electron chi connectivity index (χ2n) is 40.9. The van der Waals surface area contributed by atoms with Crippen molar-refractivity contribution in [3.05, 3.63) is 264 Å². The van der Waals surface area contributed by atoms with Gasteiger partial charge in [0.2, 0.25) is 0 Å². The third-order valence-electron chi connectivity index (χ3n) is 25.0. The molecule has 0 aliphatic carbocycles. The number of aliphatic hydroxyl groups excluding tert-OH is 2. The molecule has 0 amide bonds. The van der Waals surface area contributed by atoms with Gasteiger partial charge in [-0.15, -0.1) is 0 Å². The van der Waals surface area contributed by atoms with Gasteiger partial charge in [-0.05, 0) is 384 Å². The van der Waals surface area contributed by atoms with Crippen molar-refractivity contribution in [1.82, 2.24) is 9.97 Å². The number of carbonyl (C=O) groups excluding carboxylic acids is 2. The standard InChI is InChI=1S/C28H32B2O2.C22H22.C18H24N2.C8H10BO2.C6H12B2O2.C6H13BO2.C6H4Br2.2C6H14O2.C2H6.2CH4O.2CHO.2Ir/c1-17-13-23(29)14-18(2)25(17)21-9-11-22(12-10-21)26-19(3)15-24(16-20(26)4)30-31-27(5,6)28(7,8)32-30;1-15-7-5-8-16(2)21(15)19-11-13-20(14-12-19)22-17(3)9-6-10-18(22)4;1-17(2,3)13-7-9-19-15(11-13)16-12-14(8-10-20-16)18(4,5)6;1-6-4-3-5-7(2)8(6)11-9-10;1-5(2)6(3,4)10-8(7)9-5;1-5(2)6(3,4)9-7-8-5;7-5-1-2-6(8)4-3-5;2*1-5(2,7)6(3,4)8;5*1-2;;/h9-16H,1-8H3;5-14H,1-4H3;7-12H,1-6H3;3-5,10H,1-2H3;1-4H3;7H,1-4H3;1-4H;2*7-8H,1-4H3;1-2H3;2*2H,1H3;2*1H;;/q;;;;;;;;;;;;2*-1;;/i;;;;;;;;;;;;2*1D;;. The van der Waals surface area contributed by atoms with Crippen molar-refractivity contribution in [2.45, 2.75) is 330 Å². The van der Waals surface area contributed by atoms with Gasteiger partial charge in [0.15, 0.2) is 0 Å². The van der Waals surface area contributed by atoms with Gasteiger partial charge < -0.3 is 77.8 Å². The third-order valence-corrected chi connectivity index (χ3v) is 26.0. The molecule has 10 aromatic rings. The Bertz CT molecular complexity index is 5050. The fraction of sp³-hybridized carbons (Fsp3) is 0.464. The molecule has 3 saturated heterocycles. The normalized spacial score (nSPS) is 14.6. The van der Waals surface area contributed by atoms with E-state index in [0.717, 1.165) is 75.9 Å². The zero-order chi connectivity index (χ0) is 109. The predicted octanol–water partition coefficient (Wildman–Crippen LogP) is 23.1. The average Bonchev–Trinajstić information content (AvgIpc) is 1.72. The summed E-state index contributed by atoms with van der Waals surface area (Å²) >= 11 is 6.65. The van der Waals surface area contributed by atoms with Gasteiger partial charge in [0.05, 0.1) is 67.4 Å². The van der Waals surface area contributed by atoms with Crippen LogP contribution in [0, 0.1) is 69.2 Å². The fourth-order valence-electron chi connectivity index (χ4n) is 13.3. The molecule has 0 bridgehead atoms. The number of rotatable bonds is 10. The van der Waals surface area contributed by atoms with Crippen LogP contribution in [0.2, 0.25) is 0 Å². The van der Waals surface area contributed by atoms with E-state index in [1.807, 2.05) is 150 Å². The minimum atomic E-state index is -1.01. The van der Waals surface area contributed by atoms with E-state index in [1.54, 1.807) is 55.4 Å². The van der Waals surface area contributed by atoms with Gasteiger partial charge in [0, 0.05) is 75.8 Å². The van der Waals surface area contributed by atoms with Crippen LogP contribution >= 0.6 is 31.9 Å². The minimum Gasteiger partial charge on any atom is -0.545 e. The van der Waals surface area contributed by atoms with E-state index in [2.05, 4.69) is 288 Å². The van der Waals surface area contributed by atoms with Crippen LogP contribution in [0.15, 0.2) is 197 Å². The van der Waals surface area contributed by atoms with E-state index in [9.17, 15) is 0 Å². The summed E-state index contributed by atoms with van der Waals surface area (Å²) in [5.74, 6) is 0.731. The zero-order valence-electron chi connectivity index (χ0n) is 93.1. The minimum absolute atomic E-state index is 0. The van der Waals surface area contributed by atoms with Crippen molar-refractivity contribution in [2.24, 2.45) is 0 Å². The molecule has 3 fully saturated rings. The van der Waals surface area contributed by atoms with Gasteiger partial charge in [-0.25, -0.2) is 0 Å². The topological polar surface area (TPSA) is 266 Å². The first-order valence-corrected chi connectivity index (χ1v) is 47.9. The van der Waals surface area contributed by atoms with Crippen LogP contribution in [0.1, 0.15) is 263 Å². The van der Waals surface area contributed by atoms with Gasteiger partial charge in [-0.2, -0.15) is 2.74 Å². The molecule has 28 heteroatoms. The number of hydrogen-bond donors (Lipinski definition) is 7. The summed E-state index contributed by atoms with van der Waals surface area (Å²) in [6.45, 7) is 77.0.